The van der Waals surface area contributed by atoms with Crippen molar-refractivity contribution in [3.63, 3.8) is 0 Å². The van der Waals surface area contributed by atoms with Crippen LogP contribution >= 0.6 is 0 Å². The Hall–Kier alpha value is -1.62. The Balaban J connectivity index is 4.05. The number of quaternary nitrogens is 1. The highest BCUT2D eigenvalue weighted by atomic mass is 16.5. The van der Waals surface area contributed by atoms with Crippen LogP contribution in [-0.4, -0.2) is 55.3 Å². The van der Waals surface area contributed by atoms with E-state index in [-0.39, 0.29) is 12.4 Å². The number of rotatable bonds is 13. The minimum absolute atomic E-state index is 0.149. The van der Waals surface area contributed by atoms with Crippen LogP contribution in [0.3, 0.4) is 0 Å². The Bertz CT molecular complexity index is 422. The second kappa shape index (κ2) is 12.8. The molecule has 0 spiro atoms. The van der Waals surface area contributed by atoms with Crippen molar-refractivity contribution >= 4 is 11.9 Å². The number of allylic oxidation sites excluding steroid dienone is 4. The number of unbranched alkanes of at least 4 members (excludes halogenated alkanes) is 3. The minimum atomic E-state index is -0.945. The molecular formula is C19H34NO4+. The SMILES string of the molecule is CCCC/C=C/C=C/CCCC(=O)OC(CC(=O)O)C[N+](C)(C)C. The zero-order valence-corrected chi connectivity index (χ0v) is 15.7. The molecule has 24 heavy (non-hydrogen) atoms. The molecule has 0 saturated carbocycles. The van der Waals surface area contributed by atoms with Gasteiger partial charge in [-0.15, -0.1) is 0 Å². The van der Waals surface area contributed by atoms with Crippen molar-refractivity contribution in [2.45, 2.75) is 58.0 Å². The van der Waals surface area contributed by atoms with Gasteiger partial charge in [-0.05, 0) is 19.3 Å². The van der Waals surface area contributed by atoms with Crippen molar-refractivity contribution in [3.05, 3.63) is 24.3 Å². The number of carbonyl (C=O) groups excluding carboxylic acids is 1. The topological polar surface area (TPSA) is 63.6 Å². The van der Waals surface area contributed by atoms with E-state index in [1.807, 2.05) is 39.4 Å². The second-order valence-electron chi connectivity index (χ2n) is 7.07. The van der Waals surface area contributed by atoms with E-state index in [0.717, 1.165) is 12.8 Å². The summed E-state index contributed by atoms with van der Waals surface area (Å²) in [5, 5.41) is 8.93. The Labute approximate surface area is 146 Å². The first kappa shape index (κ1) is 22.4. The van der Waals surface area contributed by atoms with Gasteiger partial charge in [0.1, 0.15) is 6.54 Å². The summed E-state index contributed by atoms with van der Waals surface area (Å²) in [4.78, 5) is 22.8. The van der Waals surface area contributed by atoms with E-state index in [1.165, 1.54) is 12.8 Å². The van der Waals surface area contributed by atoms with Crippen LogP contribution in [0.4, 0.5) is 0 Å². The fourth-order valence-corrected chi connectivity index (χ4v) is 2.23. The van der Waals surface area contributed by atoms with Crippen molar-refractivity contribution in [2.75, 3.05) is 27.7 Å². The molecule has 0 aliphatic rings. The molecule has 1 unspecified atom stereocenters. The van der Waals surface area contributed by atoms with Crippen LogP contribution in [0.2, 0.25) is 0 Å². The third kappa shape index (κ3) is 15.3. The van der Waals surface area contributed by atoms with Gasteiger partial charge in [-0.1, -0.05) is 44.1 Å². The highest BCUT2D eigenvalue weighted by Crippen LogP contribution is 2.08. The first-order chi connectivity index (χ1) is 11.2. The monoisotopic (exact) mass is 340 g/mol. The molecule has 0 saturated heterocycles. The number of carbonyl (C=O) groups is 2. The average molecular weight is 340 g/mol. The van der Waals surface area contributed by atoms with Gasteiger partial charge in [0.25, 0.3) is 0 Å². The molecule has 0 aliphatic heterocycles. The lowest BCUT2D eigenvalue weighted by Gasteiger charge is -2.28. The summed E-state index contributed by atoms with van der Waals surface area (Å²) in [6, 6.07) is 0. The van der Waals surface area contributed by atoms with Gasteiger partial charge in [0, 0.05) is 6.42 Å². The molecule has 0 fully saturated rings. The van der Waals surface area contributed by atoms with E-state index < -0.39 is 12.1 Å². The van der Waals surface area contributed by atoms with E-state index in [9.17, 15) is 9.59 Å². The van der Waals surface area contributed by atoms with E-state index in [2.05, 4.69) is 13.0 Å². The number of likely N-dealkylation sites (N-methyl/N-ethyl adjacent to an activating group) is 1. The fourth-order valence-electron chi connectivity index (χ4n) is 2.23. The second-order valence-corrected chi connectivity index (χ2v) is 7.07. The Kier molecular flexibility index (Phi) is 11.9. The molecule has 0 rings (SSSR count). The average Bonchev–Trinajstić information content (AvgIpc) is 2.42. The third-order valence-corrected chi connectivity index (χ3v) is 3.31. The van der Waals surface area contributed by atoms with E-state index in [0.29, 0.717) is 23.9 Å². The van der Waals surface area contributed by atoms with Crippen molar-refractivity contribution < 1.29 is 23.9 Å². The highest BCUT2D eigenvalue weighted by molar-refractivity contribution is 5.71. The van der Waals surface area contributed by atoms with E-state index in [4.69, 9.17) is 9.84 Å². The van der Waals surface area contributed by atoms with Gasteiger partial charge in [0.15, 0.2) is 6.10 Å². The molecular weight excluding hydrogens is 306 g/mol. The molecule has 5 heteroatoms. The summed E-state index contributed by atoms with van der Waals surface area (Å²) in [7, 11) is 5.84. The molecule has 0 heterocycles. The molecule has 0 aliphatic carbocycles. The predicted molar refractivity (Wildman–Crippen MR) is 96.7 cm³/mol. The molecule has 1 atom stereocenters. The van der Waals surface area contributed by atoms with E-state index >= 15 is 0 Å². The van der Waals surface area contributed by atoms with Crippen molar-refractivity contribution in [1.29, 1.82) is 0 Å². The maximum atomic E-state index is 11.9. The Morgan fingerprint density at radius 1 is 1.08 bits per heavy atom. The lowest BCUT2D eigenvalue weighted by Crippen LogP contribution is -2.43. The minimum Gasteiger partial charge on any atom is -0.481 e. The molecule has 1 N–H and O–H groups in total. The molecule has 0 bridgehead atoms. The van der Waals surface area contributed by atoms with E-state index in [1.54, 1.807) is 0 Å². The van der Waals surface area contributed by atoms with Gasteiger partial charge in [-0.2, -0.15) is 0 Å². The Morgan fingerprint density at radius 2 is 1.67 bits per heavy atom. The van der Waals surface area contributed by atoms with Gasteiger partial charge in [-0.25, -0.2) is 0 Å². The fraction of sp³-hybridized carbons (Fsp3) is 0.684. The zero-order valence-electron chi connectivity index (χ0n) is 15.7. The first-order valence-corrected chi connectivity index (χ1v) is 8.78. The molecule has 0 radical (unpaired) electrons. The summed E-state index contributed by atoms with van der Waals surface area (Å²) in [5.74, 6) is -1.26. The van der Waals surface area contributed by atoms with Crippen LogP contribution in [0.25, 0.3) is 0 Å². The molecule has 0 aromatic heterocycles. The molecule has 0 aromatic carbocycles. The van der Waals surface area contributed by atoms with Crippen molar-refractivity contribution in [1.82, 2.24) is 0 Å². The quantitative estimate of drug-likeness (QED) is 0.241. The summed E-state index contributed by atoms with van der Waals surface area (Å²) in [5.41, 5.74) is 0. The number of carboxylic acids is 1. The maximum absolute atomic E-state index is 11.9. The summed E-state index contributed by atoms with van der Waals surface area (Å²) >= 11 is 0. The van der Waals surface area contributed by atoms with Gasteiger partial charge in [-0.3, -0.25) is 9.59 Å². The standard InChI is InChI=1S/C19H33NO4/c1-5-6-7-8-9-10-11-12-13-14-19(23)24-17(15-18(21)22)16-20(2,3)4/h8-11,17H,5-7,12-16H2,1-4H3/p+1/b9-8+,11-10+. The molecule has 5 nitrogen and oxygen atoms in total. The van der Waals surface area contributed by atoms with Crippen LogP contribution in [0, 0.1) is 0 Å². The number of nitrogens with zero attached hydrogens (tertiary/aromatic N) is 1. The number of aliphatic carboxylic acids is 1. The predicted octanol–water partition coefficient (Wildman–Crippen LogP) is 3.55. The van der Waals surface area contributed by atoms with Crippen LogP contribution in [-0.2, 0) is 14.3 Å². The molecule has 0 amide bonds. The highest BCUT2D eigenvalue weighted by Gasteiger charge is 2.24. The Morgan fingerprint density at radius 3 is 2.17 bits per heavy atom. The summed E-state index contributed by atoms with van der Waals surface area (Å²) in [6.07, 6.45) is 12.9. The number of carboxylic acid groups (broad SMARTS) is 1. The van der Waals surface area contributed by atoms with Crippen LogP contribution < -0.4 is 0 Å². The smallest absolute Gasteiger partial charge is 0.307 e. The maximum Gasteiger partial charge on any atom is 0.307 e. The third-order valence-electron chi connectivity index (χ3n) is 3.31. The summed E-state index contributed by atoms with van der Waals surface area (Å²) < 4.78 is 5.89. The number of hydrogen-bond donors (Lipinski definition) is 1. The zero-order chi connectivity index (χ0) is 18.4. The number of ether oxygens (including phenoxy) is 1. The lowest BCUT2D eigenvalue weighted by atomic mass is 10.2. The normalized spacial score (nSPS) is 13.5. The lowest BCUT2D eigenvalue weighted by molar-refractivity contribution is -0.873. The van der Waals surface area contributed by atoms with Crippen molar-refractivity contribution in [2.24, 2.45) is 0 Å². The number of hydrogen-bond acceptors (Lipinski definition) is 3. The van der Waals surface area contributed by atoms with Gasteiger partial charge in [0.2, 0.25) is 0 Å². The molecule has 0 aromatic rings. The first-order valence-electron chi connectivity index (χ1n) is 8.78. The van der Waals surface area contributed by atoms with Crippen LogP contribution in [0.5, 0.6) is 0 Å². The van der Waals surface area contributed by atoms with Crippen molar-refractivity contribution in [3.8, 4) is 0 Å². The molecule has 138 valence electrons. The van der Waals surface area contributed by atoms with Gasteiger partial charge >= 0.3 is 11.9 Å². The largest absolute Gasteiger partial charge is 0.481 e. The van der Waals surface area contributed by atoms with Gasteiger partial charge < -0.3 is 14.3 Å². The number of esters is 1. The summed E-state index contributed by atoms with van der Waals surface area (Å²) in [6.45, 7) is 2.66. The van der Waals surface area contributed by atoms with Crippen LogP contribution in [0.1, 0.15) is 51.9 Å². The van der Waals surface area contributed by atoms with Gasteiger partial charge in [0.05, 0.1) is 27.6 Å². The van der Waals surface area contributed by atoms with Crippen LogP contribution in [0.15, 0.2) is 24.3 Å².